The van der Waals surface area contributed by atoms with Gasteiger partial charge in [-0.15, -0.1) is 0 Å². The minimum absolute atomic E-state index is 0.00935. The number of allylic oxidation sites excluding steroid dienone is 22. The molecule has 0 fully saturated rings. The van der Waals surface area contributed by atoms with Gasteiger partial charge in [0.15, 0.2) is 11.6 Å². The molecular weight excluding hydrogens is 669 g/mol. The Morgan fingerprint density at radius 3 is 1.02 bits per heavy atom. The molecule has 0 unspecified atom stereocenters. The van der Waals surface area contributed by atoms with E-state index in [1.807, 2.05) is 0 Å². The first-order chi connectivity index (χ1) is 26.1. The van der Waals surface area contributed by atoms with Crippen molar-refractivity contribution in [1.82, 2.24) is 0 Å². The summed E-state index contributed by atoms with van der Waals surface area (Å²) in [5.41, 5.74) is 14.9. The van der Waals surface area contributed by atoms with E-state index in [0.29, 0.717) is 23.1 Å². The Bertz CT molecular complexity index is 1590. The highest BCUT2D eigenvalue weighted by atomic mass is 16.1. The van der Waals surface area contributed by atoms with E-state index in [-0.39, 0.29) is 11.6 Å². The average Bonchev–Trinajstić information content (AvgIpc) is 3.12. The number of ketones is 2. The summed E-state index contributed by atoms with van der Waals surface area (Å²) < 4.78 is 0. The van der Waals surface area contributed by atoms with Gasteiger partial charge in [0.1, 0.15) is 0 Å². The van der Waals surface area contributed by atoms with Crippen LogP contribution in [0.15, 0.2) is 128 Å². The van der Waals surface area contributed by atoms with E-state index in [1.165, 1.54) is 75.5 Å². The van der Waals surface area contributed by atoms with Crippen molar-refractivity contribution in [2.45, 2.75) is 192 Å². The zero-order chi connectivity index (χ0) is 41.2. The normalized spacial score (nSPS) is 16.0. The summed E-state index contributed by atoms with van der Waals surface area (Å²) >= 11 is 0. The molecular formula is C53H80O2. The van der Waals surface area contributed by atoms with E-state index in [4.69, 9.17) is 0 Å². The highest BCUT2D eigenvalue weighted by molar-refractivity contribution is 6.22. The highest BCUT2D eigenvalue weighted by Crippen LogP contribution is 2.23. The third-order valence-electron chi connectivity index (χ3n) is 10.9. The summed E-state index contributed by atoms with van der Waals surface area (Å²) in [5.74, 6) is -0.0259. The van der Waals surface area contributed by atoms with Crippen LogP contribution in [-0.4, -0.2) is 11.6 Å². The predicted octanol–water partition coefficient (Wildman–Crippen LogP) is 16.6. The van der Waals surface area contributed by atoms with Crippen LogP contribution in [0.1, 0.15) is 192 Å². The fraction of sp³-hybridized carbons (Fsp3) is 0.547. The smallest absolute Gasteiger partial charge is 0.185 e. The van der Waals surface area contributed by atoms with Gasteiger partial charge in [0.25, 0.3) is 0 Å². The molecule has 55 heavy (non-hydrogen) atoms. The van der Waals surface area contributed by atoms with E-state index in [2.05, 4.69) is 124 Å². The topological polar surface area (TPSA) is 34.1 Å². The minimum Gasteiger partial charge on any atom is -0.290 e. The number of carbonyl (C=O) groups excluding carboxylic acids is 2. The van der Waals surface area contributed by atoms with E-state index in [1.54, 1.807) is 13.8 Å². The molecule has 0 bridgehead atoms. The average molecular weight is 749 g/mol. The first kappa shape index (κ1) is 49.5. The molecule has 0 spiro atoms. The third kappa shape index (κ3) is 24.6. The minimum atomic E-state index is -0.0352. The molecule has 1 aliphatic rings. The molecule has 0 atom stereocenters. The van der Waals surface area contributed by atoms with Gasteiger partial charge >= 0.3 is 0 Å². The summed E-state index contributed by atoms with van der Waals surface area (Å²) in [6, 6.07) is 0. The van der Waals surface area contributed by atoms with Crippen molar-refractivity contribution in [1.29, 1.82) is 0 Å². The van der Waals surface area contributed by atoms with Gasteiger partial charge < -0.3 is 0 Å². The first-order valence-electron chi connectivity index (χ1n) is 21.4. The van der Waals surface area contributed by atoms with Crippen molar-refractivity contribution in [2.24, 2.45) is 0 Å². The van der Waals surface area contributed by atoms with Crippen molar-refractivity contribution in [3.8, 4) is 0 Å². The molecule has 0 N–H and O–H groups in total. The van der Waals surface area contributed by atoms with E-state index < -0.39 is 0 Å². The maximum Gasteiger partial charge on any atom is 0.185 e. The summed E-state index contributed by atoms with van der Waals surface area (Å²) in [6.07, 6.45) is 41.5. The number of unbranched alkanes of at least 4 members (excludes halogenated alkanes) is 1. The lowest BCUT2D eigenvalue weighted by Gasteiger charge is -2.13. The number of hydrogen-bond donors (Lipinski definition) is 0. The van der Waals surface area contributed by atoms with Crippen LogP contribution in [0.2, 0.25) is 0 Å². The Hall–Kier alpha value is -3.52. The maximum absolute atomic E-state index is 12.5. The second-order valence-corrected chi connectivity index (χ2v) is 16.8. The molecule has 0 saturated heterocycles. The zero-order valence-corrected chi connectivity index (χ0v) is 37.6. The van der Waals surface area contributed by atoms with Gasteiger partial charge in [0.2, 0.25) is 0 Å². The van der Waals surface area contributed by atoms with Crippen molar-refractivity contribution >= 4 is 11.6 Å². The van der Waals surface area contributed by atoms with E-state index in [9.17, 15) is 9.59 Å². The monoisotopic (exact) mass is 749 g/mol. The van der Waals surface area contributed by atoms with Crippen molar-refractivity contribution < 1.29 is 9.59 Å². The van der Waals surface area contributed by atoms with Crippen LogP contribution in [0.4, 0.5) is 0 Å². The first-order valence-corrected chi connectivity index (χ1v) is 21.4. The number of rotatable bonds is 26. The van der Waals surface area contributed by atoms with Gasteiger partial charge in [-0.3, -0.25) is 9.59 Å². The molecule has 0 heterocycles. The van der Waals surface area contributed by atoms with E-state index >= 15 is 0 Å². The molecule has 2 heteroatoms. The maximum atomic E-state index is 12.5. The van der Waals surface area contributed by atoms with Gasteiger partial charge in [0, 0.05) is 16.7 Å². The van der Waals surface area contributed by atoms with Crippen LogP contribution in [0, 0.1) is 0 Å². The lowest BCUT2D eigenvalue weighted by atomic mass is 9.89. The molecule has 0 aromatic rings. The molecule has 304 valence electrons. The van der Waals surface area contributed by atoms with Gasteiger partial charge in [-0.1, -0.05) is 105 Å². The highest BCUT2D eigenvalue weighted by Gasteiger charge is 2.22. The largest absolute Gasteiger partial charge is 0.290 e. The number of Topliss-reactive ketones (excluding diaryl/α,β-unsaturated/α-hetero) is 1. The van der Waals surface area contributed by atoms with Crippen molar-refractivity contribution in [3.05, 3.63) is 128 Å². The molecule has 0 radical (unpaired) electrons. The summed E-state index contributed by atoms with van der Waals surface area (Å²) in [7, 11) is 0. The van der Waals surface area contributed by atoms with Gasteiger partial charge in [-0.2, -0.15) is 0 Å². The van der Waals surface area contributed by atoms with E-state index in [0.717, 1.165) is 83.5 Å². The molecule has 1 rings (SSSR count). The molecule has 0 saturated carbocycles. The van der Waals surface area contributed by atoms with Gasteiger partial charge in [-0.05, 0) is 198 Å². The number of hydrogen-bond acceptors (Lipinski definition) is 2. The van der Waals surface area contributed by atoms with Crippen LogP contribution in [0.25, 0.3) is 0 Å². The third-order valence-corrected chi connectivity index (χ3v) is 10.9. The van der Waals surface area contributed by atoms with Crippen LogP contribution >= 0.6 is 0 Å². The Balaban J connectivity index is 2.27. The standard InChI is InChI=1S/C53H80O2/c1-40(2)21-15-24-42(4)26-17-28-44(6)30-18-29-43(5)27-16-25-41(3)22-13-14-23-46(8)35-36-47(9)33-19-31-45(7)32-20-34-48(10)37-38-51-39-52(54)49(11)50(12)53(51)55/h21-23,26-27,30,32-33,37,39H,13-20,24-25,28-29,31,34-36,38H2,1-12H3. The summed E-state index contributed by atoms with van der Waals surface area (Å²) in [5, 5.41) is 0. The summed E-state index contributed by atoms with van der Waals surface area (Å²) in [4.78, 5) is 24.6. The van der Waals surface area contributed by atoms with Crippen LogP contribution in [0.5, 0.6) is 0 Å². The molecule has 0 aliphatic heterocycles. The lowest BCUT2D eigenvalue weighted by Crippen LogP contribution is -2.16. The number of carbonyl (C=O) groups is 2. The van der Waals surface area contributed by atoms with Crippen LogP contribution in [-0.2, 0) is 9.59 Å². The van der Waals surface area contributed by atoms with Crippen molar-refractivity contribution in [2.75, 3.05) is 0 Å². The Kier molecular flexibility index (Phi) is 25.9. The fourth-order valence-electron chi connectivity index (χ4n) is 6.55. The lowest BCUT2D eigenvalue weighted by molar-refractivity contribution is -0.115. The molecule has 2 nitrogen and oxygen atoms in total. The van der Waals surface area contributed by atoms with Crippen LogP contribution in [0.3, 0.4) is 0 Å². The van der Waals surface area contributed by atoms with Crippen molar-refractivity contribution in [3.63, 3.8) is 0 Å². The Labute approximate surface area is 339 Å². The molecule has 0 amide bonds. The predicted molar refractivity (Wildman–Crippen MR) is 244 cm³/mol. The SMILES string of the molecule is CC(C)=CCCC(C)=CCCC(C)=CCCC(C)=CCCC(C)=CCCC=C(C)CCC(C)=CCCC(C)=CCCC(C)=CCC1=CC(=O)C(C)=C(C)C1=O. The second kappa shape index (κ2) is 28.8. The zero-order valence-electron chi connectivity index (χ0n) is 37.6. The van der Waals surface area contributed by atoms with Crippen LogP contribution < -0.4 is 0 Å². The van der Waals surface area contributed by atoms with Gasteiger partial charge in [0.05, 0.1) is 0 Å². The summed E-state index contributed by atoms with van der Waals surface area (Å²) in [6.45, 7) is 25.9. The molecule has 0 aromatic heterocycles. The Morgan fingerprint density at radius 1 is 0.382 bits per heavy atom. The molecule has 0 aromatic carbocycles. The fourth-order valence-corrected chi connectivity index (χ4v) is 6.55. The quantitative estimate of drug-likeness (QED) is 0.0501. The molecule has 1 aliphatic carbocycles. The Morgan fingerprint density at radius 2 is 0.673 bits per heavy atom. The van der Waals surface area contributed by atoms with Gasteiger partial charge in [-0.25, -0.2) is 0 Å². The second-order valence-electron chi connectivity index (χ2n) is 16.8.